The molecule has 0 amide bonds. The van der Waals surface area contributed by atoms with Gasteiger partial charge in [-0.05, 0) is 76.1 Å². The van der Waals surface area contributed by atoms with E-state index in [1.807, 2.05) is 27.7 Å². The Balaban J connectivity index is 0.000000389. The third-order valence-corrected chi connectivity index (χ3v) is 9.95. The number of carbonyl (C=O) groups excluding carboxylic acids is 1. The molecule has 4 nitrogen and oxygen atoms in total. The molecule has 0 spiro atoms. The first-order valence-corrected chi connectivity index (χ1v) is 18.5. The molecule has 1 heterocycles. The van der Waals surface area contributed by atoms with Gasteiger partial charge >= 0.3 is 0 Å². The van der Waals surface area contributed by atoms with Gasteiger partial charge in [0.1, 0.15) is 6.07 Å². The van der Waals surface area contributed by atoms with E-state index in [0.717, 1.165) is 53.5 Å². The van der Waals surface area contributed by atoms with Crippen molar-refractivity contribution in [3.8, 4) is 28.5 Å². The van der Waals surface area contributed by atoms with Crippen molar-refractivity contribution in [2.45, 2.75) is 106 Å². The van der Waals surface area contributed by atoms with Crippen LogP contribution in [-0.2, 0) is 35.7 Å². The minimum atomic E-state index is -0.0357. The molecule has 1 aromatic heterocycles. The molecule has 0 aliphatic heterocycles. The third kappa shape index (κ3) is 9.85. The second kappa shape index (κ2) is 18.1. The molecule has 5 heteroatoms. The predicted molar refractivity (Wildman–Crippen MR) is 215 cm³/mol. The maximum Gasteiger partial charge on any atom is 0.162 e. The van der Waals surface area contributed by atoms with Gasteiger partial charge in [0.25, 0.3) is 0 Å². The molecule has 0 unspecified atom stereocenters. The summed E-state index contributed by atoms with van der Waals surface area (Å²) in [6.07, 6.45) is 6.61. The van der Waals surface area contributed by atoms with Crippen LogP contribution >= 0.6 is 0 Å². The molecule has 0 atom stereocenters. The van der Waals surface area contributed by atoms with Crippen molar-refractivity contribution in [1.29, 1.82) is 5.26 Å². The normalized spacial score (nSPS) is 12.0. The average Bonchev–Trinajstić information content (AvgIpc) is 3.10. The van der Waals surface area contributed by atoms with E-state index in [-0.39, 0.29) is 54.3 Å². The van der Waals surface area contributed by atoms with Gasteiger partial charge in [-0.3, -0.25) is 9.78 Å². The number of carbonyl (C=O) groups is 1. The number of ketones is 1. The average molecular weight is 872 g/mol. The summed E-state index contributed by atoms with van der Waals surface area (Å²) < 4.78 is 0. The molecule has 52 heavy (non-hydrogen) atoms. The fourth-order valence-electron chi connectivity index (χ4n) is 6.79. The minimum absolute atomic E-state index is 0. The van der Waals surface area contributed by atoms with Gasteiger partial charge in [0, 0.05) is 49.9 Å². The van der Waals surface area contributed by atoms with Crippen molar-refractivity contribution in [3.63, 3.8) is 0 Å². The molecule has 0 saturated carbocycles. The summed E-state index contributed by atoms with van der Waals surface area (Å²) in [7, 11) is 0. The maximum absolute atomic E-state index is 11.7. The molecule has 5 aromatic rings. The number of hydrogen-bond acceptors (Lipinski definition) is 4. The topological polar surface area (TPSA) is 74.0 Å². The zero-order chi connectivity index (χ0) is 37.5. The number of nitriles is 1. The van der Waals surface area contributed by atoms with Crippen LogP contribution < -0.4 is 0 Å². The zero-order valence-electron chi connectivity index (χ0n) is 32.6. The smallest absolute Gasteiger partial charge is 0.162 e. The number of fused-ring (bicyclic) bond motifs is 2. The number of nitrogens with zero attached hydrogens (tertiary/aromatic N) is 2. The molecular formula is C47H55IrN2O2-. The van der Waals surface area contributed by atoms with Gasteiger partial charge in [-0.15, -0.1) is 29.1 Å². The van der Waals surface area contributed by atoms with Gasteiger partial charge in [-0.25, -0.2) is 0 Å². The summed E-state index contributed by atoms with van der Waals surface area (Å²) >= 11 is 0. The van der Waals surface area contributed by atoms with Crippen molar-refractivity contribution in [1.82, 2.24) is 4.98 Å². The van der Waals surface area contributed by atoms with E-state index in [0.29, 0.717) is 5.56 Å². The SMILES string of the molecule is CC(C)(C)c1cc(-c2cc(-c3cc(C(C)(C)C)c4ccccc4c3)c(C#N)cn2)[c-]c2ccccc12.CCC(CC)C(=O)/C=C(\O)C(CC)CC.[Ir]. The second-order valence-corrected chi connectivity index (χ2v) is 15.6. The van der Waals surface area contributed by atoms with Crippen molar-refractivity contribution in [2.75, 3.05) is 0 Å². The number of benzene rings is 4. The van der Waals surface area contributed by atoms with Crippen LogP contribution in [0.15, 0.2) is 90.8 Å². The molecule has 1 N–H and O–H groups in total. The molecule has 0 aliphatic rings. The van der Waals surface area contributed by atoms with E-state index in [1.54, 1.807) is 6.20 Å². The maximum atomic E-state index is 11.7. The van der Waals surface area contributed by atoms with Crippen molar-refractivity contribution >= 4 is 27.3 Å². The monoisotopic (exact) mass is 872 g/mol. The first kappa shape index (κ1) is 42.3. The Hall–Kier alpha value is -4.10. The van der Waals surface area contributed by atoms with Gasteiger partial charge in [-0.1, -0.05) is 129 Å². The molecule has 4 aromatic carbocycles. The molecule has 0 bridgehead atoms. The fourth-order valence-corrected chi connectivity index (χ4v) is 6.79. The van der Waals surface area contributed by atoms with Crippen LogP contribution in [0.1, 0.15) is 112 Å². The van der Waals surface area contributed by atoms with Gasteiger partial charge in [0.2, 0.25) is 0 Å². The predicted octanol–water partition coefficient (Wildman–Crippen LogP) is 12.9. The Kier molecular flexibility index (Phi) is 14.7. The molecule has 5 rings (SSSR count). The Morgan fingerprint density at radius 1 is 0.808 bits per heavy atom. The number of aliphatic hydroxyl groups excluding tert-OH is 1. The molecule has 0 fully saturated rings. The third-order valence-electron chi connectivity index (χ3n) is 9.95. The number of pyridine rings is 1. The summed E-state index contributed by atoms with van der Waals surface area (Å²) in [6, 6.07) is 31.6. The van der Waals surface area contributed by atoms with Gasteiger partial charge < -0.3 is 5.11 Å². The molecular weight excluding hydrogens is 817 g/mol. The molecule has 0 aliphatic carbocycles. The Morgan fingerprint density at radius 2 is 1.37 bits per heavy atom. The summed E-state index contributed by atoms with van der Waals surface area (Å²) in [5.74, 6) is 0.547. The van der Waals surface area contributed by atoms with Gasteiger partial charge in [-0.2, -0.15) is 5.26 Å². The van der Waals surface area contributed by atoms with Crippen molar-refractivity contribution in [2.24, 2.45) is 11.8 Å². The van der Waals surface area contributed by atoms with E-state index in [9.17, 15) is 15.2 Å². The number of aromatic nitrogens is 1. The summed E-state index contributed by atoms with van der Waals surface area (Å²) in [5, 5.41) is 24.5. The van der Waals surface area contributed by atoms with E-state index in [1.165, 1.54) is 33.4 Å². The zero-order valence-corrected chi connectivity index (χ0v) is 35.0. The number of rotatable bonds is 9. The molecule has 0 saturated heterocycles. The first-order chi connectivity index (χ1) is 24.2. The van der Waals surface area contributed by atoms with Crippen LogP contribution in [0.4, 0.5) is 0 Å². The number of aliphatic hydroxyl groups is 1. The molecule has 275 valence electrons. The Morgan fingerprint density at radius 3 is 1.94 bits per heavy atom. The summed E-state index contributed by atoms with van der Waals surface area (Å²) in [4.78, 5) is 16.4. The van der Waals surface area contributed by atoms with Crippen LogP contribution in [0.2, 0.25) is 0 Å². The Labute approximate surface area is 325 Å². The van der Waals surface area contributed by atoms with Crippen LogP contribution in [0.5, 0.6) is 0 Å². The van der Waals surface area contributed by atoms with E-state index in [4.69, 9.17) is 4.98 Å². The van der Waals surface area contributed by atoms with Crippen LogP contribution in [0, 0.1) is 29.2 Å². The van der Waals surface area contributed by atoms with E-state index >= 15 is 0 Å². The van der Waals surface area contributed by atoms with E-state index in [2.05, 4.69) is 126 Å². The first-order valence-electron chi connectivity index (χ1n) is 18.5. The fraction of sp³-hybridized carbons (Fsp3) is 0.383. The minimum Gasteiger partial charge on any atom is -0.512 e. The van der Waals surface area contributed by atoms with Gasteiger partial charge in [0.15, 0.2) is 5.78 Å². The molecule has 1 radical (unpaired) electrons. The largest absolute Gasteiger partial charge is 0.512 e. The van der Waals surface area contributed by atoms with Crippen LogP contribution in [0.25, 0.3) is 43.9 Å². The standard InChI is InChI=1S/C34H31N2.C13H24O2.Ir/c1-33(2,3)30-17-24(15-22-11-7-9-13-27(22)30)29-19-32(36-21-26(29)20-35)25-16-23-12-8-10-14-28(23)31(18-25)34(4,5)6;1-5-10(6-2)12(14)9-13(15)11(7-3)8-4;/h7-15,17-19,21H,1-6H3;9-11,14H,5-8H2,1-4H3;/q-1;;/b;12-9-;. The second-order valence-electron chi connectivity index (χ2n) is 15.6. The summed E-state index contributed by atoms with van der Waals surface area (Å²) in [6.45, 7) is 21.5. The number of hydrogen-bond donors (Lipinski definition) is 1. The number of allylic oxidation sites excluding steroid dienone is 2. The van der Waals surface area contributed by atoms with Crippen LogP contribution in [0.3, 0.4) is 0 Å². The van der Waals surface area contributed by atoms with Crippen molar-refractivity contribution < 1.29 is 30.0 Å². The van der Waals surface area contributed by atoms with Crippen LogP contribution in [-0.4, -0.2) is 15.9 Å². The van der Waals surface area contributed by atoms with Gasteiger partial charge in [0.05, 0.1) is 11.3 Å². The Bertz CT molecular complexity index is 2070. The van der Waals surface area contributed by atoms with E-state index < -0.39 is 0 Å². The quantitative estimate of drug-likeness (QED) is 0.0910. The van der Waals surface area contributed by atoms with Crippen molar-refractivity contribution in [3.05, 3.63) is 114 Å². The summed E-state index contributed by atoms with van der Waals surface area (Å²) in [5.41, 5.74) is 6.75.